The van der Waals surface area contributed by atoms with Gasteiger partial charge in [-0.1, -0.05) is 36.4 Å². The fourth-order valence-electron chi connectivity index (χ4n) is 1.99. The van der Waals surface area contributed by atoms with E-state index in [4.69, 9.17) is 4.74 Å². The molecule has 0 bridgehead atoms. The summed E-state index contributed by atoms with van der Waals surface area (Å²) < 4.78 is 4.83. The summed E-state index contributed by atoms with van der Waals surface area (Å²) in [7, 11) is 1.45. The van der Waals surface area contributed by atoms with Crippen LogP contribution >= 0.6 is 0 Å². The van der Waals surface area contributed by atoms with Crippen LogP contribution in [0.25, 0.3) is 10.8 Å². The van der Waals surface area contributed by atoms with Gasteiger partial charge in [0.25, 0.3) is 0 Å². The Kier molecular flexibility index (Phi) is 3.38. The summed E-state index contributed by atoms with van der Waals surface area (Å²) in [4.78, 5) is 15.9. The Morgan fingerprint density at radius 3 is 2.76 bits per heavy atom. The average Bonchev–Trinajstić information content (AvgIpc) is 2.95. The highest BCUT2D eigenvalue weighted by molar-refractivity contribution is 6.05. The van der Waals surface area contributed by atoms with Crippen LogP contribution in [0.15, 0.2) is 42.5 Å². The molecule has 3 rings (SSSR count). The van der Waals surface area contributed by atoms with Crippen LogP contribution in [-0.4, -0.2) is 28.3 Å². The van der Waals surface area contributed by atoms with Crippen LogP contribution in [0.5, 0.6) is 6.01 Å². The number of rotatable bonds is 3. The predicted octanol–water partition coefficient (Wildman–Crippen LogP) is 2.61. The fourth-order valence-corrected chi connectivity index (χ4v) is 1.99. The van der Waals surface area contributed by atoms with Crippen molar-refractivity contribution in [2.24, 2.45) is 0 Å². The number of H-pyrrole nitrogens is 1. The predicted molar refractivity (Wildman–Crippen MR) is 79.5 cm³/mol. The second-order valence-electron chi connectivity index (χ2n) is 4.28. The Morgan fingerprint density at radius 1 is 1.14 bits per heavy atom. The number of hydrogen-bond acceptors (Lipinski definition) is 4. The highest BCUT2D eigenvalue weighted by Gasteiger charge is 2.08. The first-order valence-electron chi connectivity index (χ1n) is 6.28. The van der Waals surface area contributed by atoms with Gasteiger partial charge in [-0.05, 0) is 11.5 Å². The molecule has 0 atom stereocenters. The van der Waals surface area contributed by atoms with E-state index in [0.717, 1.165) is 16.5 Å². The van der Waals surface area contributed by atoms with Gasteiger partial charge in [-0.25, -0.2) is 9.89 Å². The molecule has 0 saturated carbocycles. The third-order valence-corrected chi connectivity index (χ3v) is 2.92. The molecule has 106 valence electrons. The van der Waals surface area contributed by atoms with Crippen LogP contribution in [0.3, 0.4) is 0 Å². The Morgan fingerprint density at radius 2 is 1.95 bits per heavy atom. The highest BCUT2D eigenvalue weighted by atomic mass is 16.5. The molecular formula is C14H13N5O2. The number of aromatic nitrogens is 3. The van der Waals surface area contributed by atoms with Gasteiger partial charge in [-0.2, -0.15) is 4.98 Å². The molecule has 0 unspecified atom stereocenters. The van der Waals surface area contributed by atoms with E-state index in [2.05, 4.69) is 25.8 Å². The molecule has 7 nitrogen and oxygen atoms in total. The maximum atomic E-state index is 12.0. The number of amides is 2. The number of carbonyl (C=O) groups excluding carboxylic acids is 1. The summed E-state index contributed by atoms with van der Waals surface area (Å²) in [5.41, 5.74) is 0.720. The van der Waals surface area contributed by atoms with Crippen molar-refractivity contribution < 1.29 is 9.53 Å². The summed E-state index contributed by atoms with van der Waals surface area (Å²) in [5, 5.41) is 13.6. The van der Waals surface area contributed by atoms with Crippen LogP contribution in [0.2, 0.25) is 0 Å². The third kappa shape index (κ3) is 2.76. The normalized spacial score (nSPS) is 10.3. The first-order valence-corrected chi connectivity index (χ1v) is 6.28. The van der Waals surface area contributed by atoms with Crippen LogP contribution in [0.1, 0.15) is 0 Å². The van der Waals surface area contributed by atoms with Crippen molar-refractivity contribution in [2.45, 2.75) is 0 Å². The lowest BCUT2D eigenvalue weighted by molar-refractivity contribution is 0.262. The lowest BCUT2D eigenvalue weighted by atomic mass is 10.1. The number of carbonyl (C=O) groups is 1. The molecule has 0 spiro atoms. The molecule has 2 amide bonds. The molecule has 21 heavy (non-hydrogen) atoms. The number of aromatic amines is 1. The van der Waals surface area contributed by atoms with Crippen molar-refractivity contribution in [3.63, 3.8) is 0 Å². The Balaban J connectivity index is 1.77. The minimum atomic E-state index is -0.412. The van der Waals surface area contributed by atoms with Gasteiger partial charge in [0.2, 0.25) is 5.95 Å². The second kappa shape index (κ2) is 5.49. The topological polar surface area (TPSA) is 91.9 Å². The number of methoxy groups -OCH3 is 1. The van der Waals surface area contributed by atoms with Crippen LogP contribution in [0.4, 0.5) is 16.4 Å². The molecule has 1 aromatic heterocycles. The summed E-state index contributed by atoms with van der Waals surface area (Å²) in [6, 6.07) is 13.3. The molecule has 1 heterocycles. The summed E-state index contributed by atoms with van der Waals surface area (Å²) in [6.45, 7) is 0. The van der Waals surface area contributed by atoms with E-state index in [1.165, 1.54) is 7.11 Å². The smallest absolute Gasteiger partial charge is 0.336 e. The average molecular weight is 283 g/mol. The third-order valence-electron chi connectivity index (χ3n) is 2.92. The SMILES string of the molecule is COc1n[nH]c(NC(=O)Nc2cccc3ccccc23)n1. The van der Waals surface area contributed by atoms with Crippen LogP contribution in [-0.2, 0) is 0 Å². The van der Waals surface area contributed by atoms with E-state index in [1.54, 1.807) is 0 Å². The van der Waals surface area contributed by atoms with E-state index < -0.39 is 6.03 Å². The Bertz CT molecular complexity index is 778. The number of hydrogen-bond donors (Lipinski definition) is 3. The Hall–Kier alpha value is -3.09. The van der Waals surface area contributed by atoms with E-state index in [9.17, 15) is 4.79 Å². The van der Waals surface area contributed by atoms with E-state index in [0.29, 0.717) is 0 Å². The van der Waals surface area contributed by atoms with E-state index >= 15 is 0 Å². The van der Waals surface area contributed by atoms with Gasteiger partial charge in [0, 0.05) is 5.39 Å². The molecule has 0 fully saturated rings. The van der Waals surface area contributed by atoms with E-state index in [-0.39, 0.29) is 12.0 Å². The zero-order valence-corrected chi connectivity index (χ0v) is 11.3. The van der Waals surface area contributed by atoms with Crippen LogP contribution < -0.4 is 15.4 Å². The number of benzene rings is 2. The molecule has 3 N–H and O–H groups in total. The van der Waals surface area contributed by atoms with Crippen LogP contribution in [0, 0.1) is 0 Å². The van der Waals surface area contributed by atoms with Gasteiger partial charge in [-0.15, -0.1) is 5.10 Å². The van der Waals surface area contributed by atoms with Gasteiger partial charge in [0.05, 0.1) is 12.8 Å². The lowest BCUT2D eigenvalue weighted by Crippen LogP contribution is -2.20. The lowest BCUT2D eigenvalue weighted by Gasteiger charge is -2.08. The van der Waals surface area contributed by atoms with Gasteiger partial charge in [-0.3, -0.25) is 5.32 Å². The van der Waals surface area contributed by atoms with Crippen molar-refractivity contribution >= 4 is 28.4 Å². The number of nitrogens with one attached hydrogen (secondary N) is 3. The molecule has 2 aromatic carbocycles. The fraction of sp³-hybridized carbons (Fsp3) is 0.0714. The van der Waals surface area contributed by atoms with Crippen molar-refractivity contribution in [1.29, 1.82) is 0 Å². The number of anilines is 2. The molecule has 3 aromatic rings. The molecule has 0 aliphatic heterocycles. The first-order chi connectivity index (χ1) is 10.3. The van der Waals surface area contributed by atoms with Crippen molar-refractivity contribution in [1.82, 2.24) is 15.2 Å². The summed E-state index contributed by atoms with van der Waals surface area (Å²) >= 11 is 0. The molecule has 0 aliphatic carbocycles. The summed E-state index contributed by atoms with van der Waals surface area (Å²) in [5.74, 6) is 0.213. The van der Waals surface area contributed by atoms with Gasteiger partial charge in [0.1, 0.15) is 0 Å². The molecule has 7 heteroatoms. The zero-order valence-electron chi connectivity index (χ0n) is 11.3. The first kappa shape index (κ1) is 12.9. The molecule has 0 saturated heterocycles. The monoisotopic (exact) mass is 283 g/mol. The number of urea groups is 1. The minimum Gasteiger partial charge on any atom is -0.466 e. The number of nitrogens with zero attached hydrogens (tertiary/aromatic N) is 2. The number of ether oxygens (including phenoxy) is 1. The van der Waals surface area contributed by atoms with Gasteiger partial charge in [0.15, 0.2) is 0 Å². The molecule has 0 radical (unpaired) electrons. The summed E-state index contributed by atoms with van der Waals surface area (Å²) in [6.07, 6.45) is 0. The van der Waals surface area contributed by atoms with Crippen molar-refractivity contribution in [3.05, 3.63) is 42.5 Å². The van der Waals surface area contributed by atoms with Crippen molar-refractivity contribution in [2.75, 3.05) is 17.7 Å². The quantitative estimate of drug-likeness (QED) is 0.689. The maximum Gasteiger partial charge on any atom is 0.336 e. The number of fused-ring (bicyclic) bond motifs is 1. The second-order valence-corrected chi connectivity index (χ2v) is 4.28. The molecular weight excluding hydrogens is 270 g/mol. The van der Waals surface area contributed by atoms with Crippen molar-refractivity contribution in [3.8, 4) is 6.01 Å². The molecule has 0 aliphatic rings. The zero-order chi connectivity index (χ0) is 14.7. The van der Waals surface area contributed by atoms with Gasteiger partial charge >= 0.3 is 12.0 Å². The van der Waals surface area contributed by atoms with Gasteiger partial charge < -0.3 is 10.1 Å². The largest absolute Gasteiger partial charge is 0.466 e. The maximum absolute atomic E-state index is 12.0. The Labute approximate surface area is 120 Å². The standard InChI is InChI=1S/C14H13N5O2/c1-21-14-17-12(18-19-14)16-13(20)15-11-8-4-6-9-5-2-3-7-10(9)11/h2-8H,1H3,(H3,15,16,17,18,19,20). The minimum absolute atomic E-state index is 0.162. The highest BCUT2D eigenvalue weighted by Crippen LogP contribution is 2.22. The van der Waals surface area contributed by atoms with E-state index in [1.807, 2.05) is 42.5 Å².